The fourth-order valence-electron chi connectivity index (χ4n) is 3.36. The molecule has 28 heavy (non-hydrogen) atoms. The maximum atomic E-state index is 13.0. The Labute approximate surface area is 161 Å². The SMILES string of the molecule is Cc1ccc(Nc2cccc3c2C(=O)c2ccccc2C3=O)cc1S(=O)(=O)O. The van der Waals surface area contributed by atoms with Crippen molar-refractivity contribution in [2.45, 2.75) is 11.8 Å². The van der Waals surface area contributed by atoms with Crippen LogP contribution in [0.1, 0.15) is 37.4 Å². The van der Waals surface area contributed by atoms with E-state index >= 15 is 0 Å². The quantitative estimate of drug-likeness (QED) is 0.514. The van der Waals surface area contributed by atoms with E-state index in [-0.39, 0.29) is 27.6 Å². The molecular weight excluding hydrogens is 378 g/mol. The summed E-state index contributed by atoms with van der Waals surface area (Å²) in [4.78, 5) is 25.6. The minimum atomic E-state index is -4.39. The zero-order chi connectivity index (χ0) is 20.1. The maximum Gasteiger partial charge on any atom is 0.294 e. The second-order valence-corrected chi connectivity index (χ2v) is 7.90. The van der Waals surface area contributed by atoms with Gasteiger partial charge < -0.3 is 5.32 Å². The summed E-state index contributed by atoms with van der Waals surface area (Å²) < 4.78 is 32.5. The average Bonchev–Trinajstić information content (AvgIpc) is 2.66. The van der Waals surface area contributed by atoms with Gasteiger partial charge in [0.25, 0.3) is 10.1 Å². The van der Waals surface area contributed by atoms with Crippen molar-refractivity contribution in [2.24, 2.45) is 0 Å². The number of fused-ring (bicyclic) bond motifs is 2. The molecule has 4 rings (SSSR count). The second kappa shape index (κ2) is 6.40. The van der Waals surface area contributed by atoms with Gasteiger partial charge in [-0.3, -0.25) is 14.1 Å². The highest BCUT2D eigenvalue weighted by molar-refractivity contribution is 7.85. The molecule has 0 amide bonds. The van der Waals surface area contributed by atoms with Crippen LogP contribution in [0, 0.1) is 6.92 Å². The number of aryl methyl sites for hydroxylation is 1. The van der Waals surface area contributed by atoms with Crippen molar-refractivity contribution in [2.75, 3.05) is 5.32 Å². The van der Waals surface area contributed by atoms with Gasteiger partial charge in [0.05, 0.1) is 16.1 Å². The minimum Gasteiger partial charge on any atom is -0.355 e. The molecule has 0 radical (unpaired) electrons. The lowest BCUT2D eigenvalue weighted by Crippen LogP contribution is -2.22. The van der Waals surface area contributed by atoms with Gasteiger partial charge in [-0.1, -0.05) is 42.5 Å². The number of nitrogens with one attached hydrogen (secondary N) is 1. The van der Waals surface area contributed by atoms with Crippen LogP contribution < -0.4 is 5.32 Å². The molecule has 2 N–H and O–H groups in total. The summed E-state index contributed by atoms with van der Waals surface area (Å²) in [5, 5.41) is 3.00. The van der Waals surface area contributed by atoms with Gasteiger partial charge in [0.2, 0.25) is 0 Å². The molecule has 3 aromatic rings. The van der Waals surface area contributed by atoms with E-state index in [1.54, 1.807) is 61.5 Å². The summed E-state index contributed by atoms with van der Waals surface area (Å²) >= 11 is 0. The number of hydrogen-bond acceptors (Lipinski definition) is 5. The molecule has 1 aliphatic carbocycles. The highest BCUT2D eigenvalue weighted by atomic mass is 32.2. The number of ketones is 2. The first kappa shape index (κ1) is 18.1. The van der Waals surface area contributed by atoms with Crippen molar-refractivity contribution in [3.05, 3.63) is 88.5 Å². The van der Waals surface area contributed by atoms with Gasteiger partial charge >= 0.3 is 0 Å². The molecule has 0 aliphatic heterocycles. The standard InChI is InChI=1S/C21H15NO5S/c1-12-9-10-13(11-18(12)28(25,26)27)22-17-8-4-7-16-19(17)21(24)15-6-3-2-5-14(15)20(16)23/h2-11,22H,1H3,(H,25,26,27). The van der Waals surface area contributed by atoms with Gasteiger partial charge in [-0.15, -0.1) is 0 Å². The molecule has 0 saturated carbocycles. The second-order valence-electron chi connectivity index (χ2n) is 6.51. The molecule has 0 unspecified atom stereocenters. The fourth-order valence-corrected chi connectivity index (χ4v) is 4.11. The molecule has 0 atom stereocenters. The third-order valence-corrected chi connectivity index (χ3v) is 5.69. The lowest BCUT2D eigenvalue weighted by Gasteiger charge is -2.21. The number of carbonyl (C=O) groups is 2. The molecule has 140 valence electrons. The summed E-state index contributed by atoms with van der Waals surface area (Å²) in [6.07, 6.45) is 0. The molecule has 7 heteroatoms. The van der Waals surface area contributed by atoms with Gasteiger partial charge in [-0.05, 0) is 30.7 Å². The van der Waals surface area contributed by atoms with E-state index in [0.717, 1.165) is 0 Å². The predicted octanol–water partition coefficient (Wildman–Crippen LogP) is 3.76. The van der Waals surface area contributed by atoms with Gasteiger partial charge in [-0.25, -0.2) is 0 Å². The normalized spacial score (nSPS) is 13.1. The van der Waals surface area contributed by atoms with Crippen molar-refractivity contribution in [3.63, 3.8) is 0 Å². The number of carbonyl (C=O) groups excluding carboxylic acids is 2. The van der Waals surface area contributed by atoms with Crippen molar-refractivity contribution in [1.29, 1.82) is 0 Å². The van der Waals surface area contributed by atoms with Gasteiger partial charge in [-0.2, -0.15) is 8.42 Å². The van der Waals surface area contributed by atoms with Crippen LogP contribution in [0.5, 0.6) is 0 Å². The van der Waals surface area contributed by atoms with Crippen molar-refractivity contribution in [3.8, 4) is 0 Å². The average molecular weight is 393 g/mol. The van der Waals surface area contributed by atoms with E-state index in [0.29, 0.717) is 28.1 Å². The number of benzene rings is 3. The Kier molecular flexibility index (Phi) is 4.14. The predicted molar refractivity (Wildman–Crippen MR) is 104 cm³/mol. The van der Waals surface area contributed by atoms with E-state index in [4.69, 9.17) is 0 Å². The minimum absolute atomic E-state index is 0.227. The fraction of sp³-hybridized carbons (Fsp3) is 0.0476. The summed E-state index contributed by atoms with van der Waals surface area (Å²) in [5.74, 6) is -0.521. The molecule has 0 aromatic heterocycles. The summed E-state index contributed by atoms with van der Waals surface area (Å²) in [5.41, 5.74) is 2.36. The maximum absolute atomic E-state index is 13.0. The van der Waals surface area contributed by atoms with Crippen molar-refractivity contribution in [1.82, 2.24) is 0 Å². The Morgan fingerprint density at radius 2 is 1.46 bits per heavy atom. The van der Waals surface area contributed by atoms with Crippen LogP contribution in [0.15, 0.2) is 65.6 Å². The highest BCUT2D eigenvalue weighted by Crippen LogP contribution is 2.33. The summed E-state index contributed by atoms with van der Waals surface area (Å²) in [6, 6.07) is 16.0. The van der Waals surface area contributed by atoms with Crippen LogP contribution in [-0.4, -0.2) is 24.5 Å². The van der Waals surface area contributed by atoms with Crippen LogP contribution in [0.4, 0.5) is 11.4 Å². The van der Waals surface area contributed by atoms with E-state index in [9.17, 15) is 22.6 Å². The molecule has 0 saturated heterocycles. The van der Waals surface area contributed by atoms with Crippen molar-refractivity contribution < 1.29 is 22.6 Å². The van der Waals surface area contributed by atoms with E-state index in [2.05, 4.69) is 5.32 Å². The Morgan fingerprint density at radius 3 is 2.14 bits per heavy atom. The largest absolute Gasteiger partial charge is 0.355 e. The topological polar surface area (TPSA) is 101 Å². The van der Waals surface area contributed by atoms with Crippen LogP contribution in [0.25, 0.3) is 0 Å². The van der Waals surface area contributed by atoms with Crippen LogP contribution in [0.3, 0.4) is 0 Å². The van der Waals surface area contributed by atoms with E-state index in [1.165, 1.54) is 6.07 Å². The number of anilines is 2. The smallest absolute Gasteiger partial charge is 0.294 e. The first-order valence-corrected chi connectivity index (χ1v) is 9.88. The lowest BCUT2D eigenvalue weighted by atomic mass is 9.83. The Hall–Kier alpha value is -3.29. The van der Waals surface area contributed by atoms with Gasteiger partial charge in [0, 0.05) is 22.4 Å². The molecule has 3 aromatic carbocycles. The molecule has 0 heterocycles. The first-order valence-electron chi connectivity index (χ1n) is 8.44. The van der Waals surface area contributed by atoms with E-state index in [1.807, 2.05) is 0 Å². The molecule has 6 nitrogen and oxygen atoms in total. The molecular formula is C21H15NO5S. The van der Waals surface area contributed by atoms with Gasteiger partial charge in [0.15, 0.2) is 11.6 Å². The highest BCUT2D eigenvalue weighted by Gasteiger charge is 2.31. The zero-order valence-electron chi connectivity index (χ0n) is 14.8. The monoisotopic (exact) mass is 393 g/mol. The molecule has 1 aliphatic rings. The Bertz CT molecular complexity index is 1260. The first-order chi connectivity index (χ1) is 13.3. The van der Waals surface area contributed by atoms with Crippen LogP contribution in [0.2, 0.25) is 0 Å². The Balaban J connectivity index is 1.83. The molecule has 0 fully saturated rings. The zero-order valence-corrected chi connectivity index (χ0v) is 15.6. The lowest BCUT2D eigenvalue weighted by molar-refractivity contribution is 0.0979. The molecule has 0 bridgehead atoms. The summed E-state index contributed by atoms with van der Waals surface area (Å²) in [7, 11) is -4.39. The van der Waals surface area contributed by atoms with E-state index < -0.39 is 10.1 Å². The van der Waals surface area contributed by atoms with Gasteiger partial charge in [0.1, 0.15) is 0 Å². The van der Waals surface area contributed by atoms with Crippen molar-refractivity contribution >= 4 is 33.1 Å². The molecule has 0 spiro atoms. The third kappa shape index (κ3) is 2.90. The number of rotatable bonds is 3. The van der Waals surface area contributed by atoms with Crippen LogP contribution in [-0.2, 0) is 10.1 Å². The van der Waals surface area contributed by atoms with Crippen LogP contribution >= 0.6 is 0 Å². The number of hydrogen-bond donors (Lipinski definition) is 2. The Morgan fingerprint density at radius 1 is 0.821 bits per heavy atom. The third-order valence-electron chi connectivity index (χ3n) is 4.70. The summed E-state index contributed by atoms with van der Waals surface area (Å²) in [6.45, 7) is 1.57.